The number of fused-ring (bicyclic) bond motifs is 3. The molecule has 0 bridgehead atoms. The Morgan fingerprint density at radius 1 is 1.31 bits per heavy atom. The van der Waals surface area contributed by atoms with Crippen molar-refractivity contribution in [3.63, 3.8) is 0 Å². The van der Waals surface area contributed by atoms with Gasteiger partial charge in [0.25, 0.3) is 5.91 Å². The maximum atomic E-state index is 11.3. The standard InChI is InChI=1S/C11H8N4O/c12-11(16)9-5-7-3-1-2-4-8(7)10-6-13-14-15(9)10/h1-6H,(H2,12,16). The van der Waals surface area contributed by atoms with Crippen molar-refractivity contribution >= 4 is 22.2 Å². The number of amides is 1. The smallest absolute Gasteiger partial charge is 0.267 e. The summed E-state index contributed by atoms with van der Waals surface area (Å²) in [7, 11) is 0. The summed E-state index contributed by atoms with van der Waals surface area (Å²) in [6, 6.07) is 9.44. The molecular formula is C11H8N4O. The van der Waals surface area contributed by atoms with E-state index in [-0.39, 0.29) is 0 Å². The normalized spacial score (nSPS) is 11.0. The van der Waals surface area contributed by atoms with Gasteiger partial charge in [-0.05, 0) is 11.5 Å². The lowest BCUT2D eigenvalue weighted by Crippen LogP contribution is -2.16. The highest BCUT2D eigenvalue weighted by molar-refractivity contribution is 6.01. The zero-order chi connectivity index (χ0) is 11.1. The number of rotatable bonds is 1. The number of pyridine rings is 1. The third-order valence-electron chi connectivity index (χ3n) is 2.56. The van der Waals surface area contributed by atoms with Crippen LogP contribution < -0.4 is 5.73 Å². The number of carbonyl (C=O) groups is 1. The van der Waals surface area contributed by atoms with Crippen molar-refractivity contribution in [2.45, 2.75) is 0 Å². The van der Waals surface area contributed by atoms with Gasteiger partial charge in [-0.15, -0.1) is 5.10 Å². The van der Waals surface area contributed by atoms with E-state index in [2.05, 4.69) is 10.3 Å². The summed E-state index contributed by atoms with van der Waals surface area (Å²) in [5.74, 6) is -0.513. The summed E-state index contributed by atoms with van der Waals surface area (Å²) in [4.78, 5) is 11.3. The van der Waals surface area contributed by atoms with Gasteiger partial charge < -0.3 is 5.73 Å². The van der Waals surface area contributed by atoms with Crippen LogP contribution in [0.4, 0.5) is 0 Å². The first-order valence-electron chi connectivity index (χ1n) is 4.79. The predicted molar refractivity (Wildman–Crippen MR) is 59.0 cm³/mol. The lowest BCUT2D eigenvalue weighted by Gasteiger charge is -2.03. The first-order valence-corrected chi connectivity index (χ1v) is 4.79. The molecule has 2 N–H and O–H groups in total. The van der Waals surface area contributed by atoms with Gasteiger partial charge in [0.15, 0.2) is 0 Å². The van der Waals surface area contributed by atoms with Crippen molar-refractivity contribution in [1.29, 1.82) is 0 Å². The molecule has 1 aromatic carbocycles. The van der Waals surface area contributed by atoms with Crippen LogP contribution in [0.25, 0.3) is 16.3 Å². The molecule has 0 aliphatic heterocycles. The number of carbonyl (C=O) groups excluding carboxylic acids is 1. The van der Waals surface area contributed by atoms with E-state index >= 15 is 0 Å². The largest absolute Gasteiger partial charge is 0.364 e. The first-order chi connectivity index (χ1) is 7.77. The lowest BCUT2D eigenvalue weighted by molar-refractivity contribution is 0.0993. The molecule has 16 heavy (non-hydrogen) atoms. The molecule has 0 radical (unpaired) electrons. The Morgan fingerprint density at radius 3 is 2.94 bits per heavy atom. The van der Waals surface area contributed by atoms with Gasteiger partial charge in [0.1, 0.15) is 5.69 Å². The molecule has 0 saturated carbocycles. The van der Waals surface area contributed by atoms with E-state index in [0.29, 0.717) is 5.69 Å². The second-order valence-electron chi connectivity index (χ2n) is 3.51. The minimum atomic E-state index is -0.513. The van der Waals surface area contributed by atoms with Crippen LogP contribution in [0.3, 0.4) is 0 Å². The van der Waals surface area contributed by atoms with Gasteiger partial charge in [0.2, 0.25) is 0 Å². The van der Waals surface area contributed by atoms with E-state index in [9.17, 15) is 4.79 Å². The Kier molecular flexibility index (Phi) is 1.67. The molecule has 2 heterocycles. The number of hydrogen-bond acceptors (Lipinski definition) is 3. The average molecular weight is 212 g/mol. The number of primary amides is 1. The molecule has 2 aromatic heterocycles. The van der Waals surface area contributed by atoms with E-state index in [0.717, 1.165) is 16.3 Å². The van der Waals surface area contributed by atoms with Gasteiger partial charge in [-0.1, -0.05) is 29.5 Å². The molecule has 0 spiro atoms. The first kappa shape index (κ1) is 8.84. The summed E-state index contributed by atoms with van der Waals surface area (Å²) < 4.78 is 1.46. The second kappa shape index (κ2) is 3.03. The fourth-order valence-electron chi connectivity index (χ4n) is 1.84. The van der Waals surface area contributed by atoms with Crippen LogP contribution >= 0.6 is 0 Å². The molecule has 0 aliphatic rings. The maximum Gasteiger partial charge on any atom is 0.267 e. The van der Waals surface area contributed by atoms with Crippen molar-refractivity contribution in [3.8, 4) is 0 Å². The Morgan fingerprint density at radius 2 is 2.12 bits per heavy atom. The van der Waals surface area contributed by atoms with E-state index < -0.39 is 5.91 Å². The molecule has 5 heteroatoms. The van der Waals surface area contributed by atoms with Gasteiger partial charge in [0, 0.05) is 5.39 Å². The van der Waals surface area contributed by atoms with Crippen LogP contribution in [0.1, 0.15) is 10.5 Å². The lowest BCUT2D eigenvalue weighted by atomic mass is 10.1. The molecule has 3 rings (SSSR count). The van der Waals surface area contributed by atoms with Gasteiger partial charge in [-0.2, -0.15) is 0 Å². The Labute approximate surface area is 90.5 Å². The summed E-state index contributed by atoms with van der Waals surface area (Å²) in [5, 5.41) is 9.60. The van der Waals surface area contributed by atoms with Crippen LogP contribution in [0.5, 0.6) is 0 Å². The van der Waals surface area contributed by atoms with Gasteiger partial charge in [0.05, 0.1) is 11.7 Å². The third-order valence-corrected chi connectivity index (χ3v) is 2.56. The zero-order valence-corrected chi connectivity index (χ0v) is 8.29. The van der Waals surface area contributed by atoms with Gasteiger partial charge in [-0.25, -0.2) is 4.52 Å². The molecule has 5 nitrogen and oxygen atoms in total. The van der Waals surface area contributed by atoms with E-state index in [1.165, 1.54) is 4.52 Å². The van der Waals surface area contributed by atoms with Crippen LogP contribution in [-0.2, 0) is 0 Å². The number of benzene rings is 1. The quantitative estimate of drug-likeness (QED) is 0.653. The summed E-state index contributed by atoms with van der Waals surface area (Å²) in [5.41, 5.74) is 6.43. The third kappa shape index (κ3) is 1.08. The van der Waals surface area contributed by atoms with Crippen LogP contribution in [0.2, 0.25) is 0 Å². The number of aromatic nitrogens is 3. The number of nitrogens with zero attached hydrogens (tertiary/aromatic N) is 3. The van der Waals surface area contributed by atoms with Crippen LogP contribution in [-0.4, -0.2) is 20.7 Å². The SMILES string of the molecule is NC(=O)c1cc2ccccc2c2cnnn12. The molecule has 78 valence electrons. The highest BCUT2D eigenvalue weighted by Gasteiger charge is 2.11. The highest BCUT2D eigenvalue weighted by atomic mass is 16.1. The monoisotopic (exact) mass is 212 g/mol. The molecule has 1 amide bonds. The van der Waals surface area contributed by atoms with E-state index in [1.807, 2.05) is 24.3 Å². The topological polar surface area (TPSA) is 73.3 Å². The predicted octanol–water partition coefficient (Wildman–Crippen LogP) is 0.981. The van der Waals surface area contributed by atoms with Crippen molar-refractivity contribution in [2.75, 3.05) is 0 Å². The second-order valence-corrected chi connectivity index (χ2v) is 3.51. The minimum Gasteiger partial charge on any atom is -0.364 e. The van der Waals surface area contributed by atoms with Crippen molar-refractivity contribution < 1.29 is 4.79 Å². The molecule has 0 saturated heterocycles. The van der Waals surface area contributed by atoms with Crippen molar-refractivity contribution in [2.24, 2.45) is 5.73 Å². The molecule has 0 aliphatic carbocycles. The molecule has 3 aromatic rings. The molecule has 0 unspecified atom stereocenters. The molecule has 0 atom stereocenters. The zero-order valence-electron chi connectivity index (χ0n) is 8.29. The maximum absolute atomic E-state index is 11.3. The van der Waals surface area contributed by atoms with Crippen LogP contribution in [0.15, 0.2) is 36.5 Å². The fourth-order valence-corrected chi connectivity index (χ4v) is 1.84. The fraction of sp³-hybridized carbons (Fsp3) is 0. The Hall–Kier alpha value is -2.43. The number of hydrogen-bond donors (Lipinski definition) is 1. The number of nitrogens with two attached hydrogens (primary N) is 1. The summed E-state index contributed by atoms with van der Waals surface area (Å²) in [6.07, 6.45) is 1.62. The van der Waals surface area contributed by atoms with E-state index in [4.69, 9.17) is 5.73 Å². The van der Waals surface area contributed by atoms with Gasteiger partial charge in [-0.3, -0.25) is 4.79 Å². The van der Waals surface area contributed by atoms with Crippen LogP contribution in [0, 0.1) is 0 Å². The highest BCUT2D eigenvalue weighted by Crippen LogP contribution is 2.20. The van der Waals surface area contributed by atoms with Crippen molar-refractivity contribution in [3.05, 3.63) is 42.2 Å². The minimum absolute atomic E-state index is 0.339. The molecular weight excluding hydrogens is 204 g/mol. The molecule has 0 fully saturated rings. The van der Waals surface area contributed by atoms with E-state index in [1.54, 1.807) is 12.3 Å². The Bertz CT molecular complexity index is 701. The summed E-state index contributed by atoms with van der Waals surface area (Å²) in [6.45, 7) is 0. The Balaban J connectivity index is 2.58. The van der Waals surface area contributed by atoms with Gasteiger partial charge >= 0.3 is 0 Å². The van der Waals surface area contributed by atoms with Crippen molar-refractivity contribution in [1.82, 2.24) is 14.8 Å². The summed E-state index contributed by atoms with van der Waals surface area (Å²) >= 11 is 0. The average Bonchev–Trinajstić information content (AvgIpc) is 2.76.